The minimum atomic E-state index is 0.0262. The number of aromatic nitrogens is 1. The van der Waals surface area contributed by atoms with Gasteiger partial charge in [0.05, 0.1) is 5.69 Å². The Labute approximate surface area is 102 Å². The Balaban J connectivity index is 2.06. The van der Waals surface area contributed by atoms with E-state index in [0.717, 1.165) is 26.2 Å². The highest BCUT2D eigenvalue weighted by Gasteiger charge is 2.23. The fraction of sp³-hybridized carbons (Fsp3) is 0.556. The van der Waals surface area contributed by atoms with E-state index in [1.54, 1.807) is 6.92 Å². The van der Waals surface area contributed by atoms with Crippen LogP contribution in [-0.2, 0) is 0 Å². The maximum Gasteiger partial charge on any atom is 0.259 e. The standard InChI is InChI=1S/C9H12IN3O2/c1-7-8(6-15-11-7)9(14)12-2-4-13(10)5-3-12/h6H,2-5H2,1H3. The molecule has 0 aliphatic carbocycles. The number of carbonyl (C=O) groups is 1. The number of aryl methyl sites for hydroxylation is 1. The lowest BCUT2D eigenvalue weighted by Gasteiger charge is -2.30. The third-order valence-electron chi connectivity index (χ3n) is 2.49. The van der Waals surface area contributed by atoms with E-state index in [4.69, 9.17) is 4.52 Å². The Morgan fingerprint density at radius 2 is 2.13 bits per heavy atom. The van der Waals surface area contributed by atoms with Crippen molar-refractivity contribution in [2.24, 2.45) is 0 Å². The molecule has 0 spiro atoms. The number of halogens is 1. The average Bonchev–Trinajstić information content (AvgIpc) is 2.65. The lowest BCUT2D eigenvalue weighted by molar-refractivity contribution is 0.0709. The van der Waals surface area contributed by atoms with Crippen molar-refractivity contribution in [1.29, 1.82) is 0 Å². The van der Waals surface area contributed by atoms with Gasteiger partial charge in [-0.1, -0.05) is 5.16 Å². The molecule has 1 aromatic heterocycles. The van der Waals surface area contributed by atoms with Crippen LogP contribution in [0.15, 0.2) is 10.8 Å². The van der Waals surface area contributed by atoms with Gasteiger partial charge in [0.1, 0.15) is 11.8 Å². The molecule has 1 aromatic rings. The quantitative estimate of drug-likeness (QED) is 0.574. The SMILES string of the molecule is Cc1nocc1C(=O)N1CCN(I)CC1. The van der Waals surface area contributed by atoms with Crippen LogP contribution in [0.2, 0.25) is 0 Å². The summed E-state index contributed by atoms with van der Waals surface area (Å²) in [5.41, 5.74) is 1.24. The van der Waals surface area contributed by atoms with Gasteiger partial charge < -0.3 is 9.42 Å². The molecular formula is C9H12IN3O2. The summed E-state index contributed by atoms with van der Waals surface area (Å²) >= 11 is 2.27. The molecule has 0 N–H and O–H groups in total. The first-order valence-corrected chi connectivity index (χ1v) is 5.76. The van der Waals surface area contributed by atoms with Gasteiger partial charge >= 0.3 is 0 Å². The van der Waals surface area contributed by atoms with Crippen molar-refractivity contribution in [1.82, 2.24) is 13.2 Å². The fourth-order valence-corrected chi connectivity index (χ4v) is 1.98. The molecule has 1 amide bonds. The zero-order valence-corrected chi connectivity index (χ0v) is 10.6. The first kappa shape index (κ1) is 10.9. The fourth-order valence-electron chi connectivity index (χ4n) is 1.55. The van der Waals surface area contributed by atoms with Crippen molar-refractivity contribution in [2.45, 2.75) is 6.92 Å². The lowest BCUT2D eigenvalue weighted by atomic mass is 10.2. The summed E-state index contributed by atoms with van der Waals surface area (Å²) in [5.74, 6) is 0.0262. The Morgan fingerprint density at radius 3 is 2.67 bits per heavy atom. The molecule has 0 radical (unpaired) electrons. The van der Waals surface area contributed by atoms with E-state index < -0.39 is 0 Å². The van der Waals surface area contributed by atoms with E-state index >= 15 is 0 Å². The van der Waals surface area contributed by atoms with Crippen molar-refractivity contribution in [3.05, 3.63) is 17.5 Å². The van der Waals surface area contributed by atoms with Crippen LogP contribution in [0.5, 0.6) is 0 Å². The molecule has 6 heteroatoms. The molecular weight excluding hydrogens is 309 g/mol. The van der Waals surface area contributed by atoms with E-state index in [2.05, 4.69) is 31.1 Å². The molecule has 1 saturated heterocycles. The molecule has 82 valence electrons. The molecule has 1 fully saturated rings. The highest BCUT2D eigenvalue weighted by Crippen LogP contribution is 2.13. The largest absolute Gasteiger partial charge is 0.364 e. The average molecular weight is 321 g/mol. The number of piperazine rings is 1. The first-order chi connectivity index (χ1) is 7.18. The van der Waals surface area contributed by atoms with Crippen LogP contribution in [0.4, 0.5) is 0 Å². The summed E-state index contributed by atoms with van der Waals surface area (Å²) in [5, 5.41) is 3.71. The summed E-state index contributed by atoms with van der Waals surface area (Å²) in [6, 6.07) is 0. The molecule has 0 unspecified atom stereocenters. The maximum atomic E-state index is 12.0. The second kappa shape index (κ2) is 4.48. The van der Waals surface area contributed by atoms with Gasteiger partial charge in [-0.15, -0.1) is 0 Å². The summed E-state index contributed by atoms with van der Waals surface area (Å²) in [4.78, 5) is 13.8. The molecule has 0 atom stereocenters. The number of hydrogen-bond donors (Lipinski definition) is 0. The van der Waals surface area contributed by atoms with Gasteiger partial charge in [0.15, 0.2) is 0 Å². The molecule has 1 aliphatic rings. The molecule has 0 bridgehead atoms. The molecule has 0 saturated carbocycles. The van der Waals surface area contributed by atoms with Crippen LogP contribution < -0.4 is 0 Å². The van der Waals surface area contributed by atoms with E-state index in [0.29, 0.717) is 11.3 Å². The van der Waals surface area contributed by atoms with Crippen LogP contribution in [0, 0.1) is 6.92 Å². The van der Waals surface area contributed by atoms with Crippen molar-refractivity contribution in [3.8, 4) is 0 Å². The zero-order chi connectivity index (χ0) is 10.8. The molecule has 15 heavy (non-hydrogen) atoms. The van der Waals surface area contributed by atoms with Crippen molar-refractivity contribution >= 4 is 28.8 Å². The monoisotopic (exact) mass is 321 g/mol. The van der Waals surface area contributed by atoms with Gasteiger partial charge in [0, 0.05) is 49.0 Å². The predicted molar refractivity (Wildman–Crippen MR) is 62.7 cm³/mol. The maximum absolute atomic E-state index is 12.0. The van der Waals surface area contributed by atoms with Crippen LogP contribution in [0.1, 0.15) is 16.1 Å². The molecule has 1 aliphatic heterocycles. The number of hydrogen-bond acceptors (Lipinski definition) is 4. The molecule has 0 aromatic carbocycles. The zero-order valence-electron chi connectivity index (χ0n) is 8.44. The lowest BCUT2D eigenvalue weighted by Crippen LogP contribution is -2.45. The Hall–Kier alpha value is -0.630. The number of nitrogens with zero attached hydrogens (tertiary/aromatic N) is 3. The van der Waals surface area contributed by atoms with E-state index in [1.807, 2.05) is 4.90 Å². The van der Waals surface area contributed by atoms with Gasteiger partial charge in [-0.2, -0.15) is 0 Å². The van der Waals surface area contributed by atoms with Gasteiger partial charge in [-0.3, -0.25) is 4.79 Å². The van der Waals surface area contributed by atoms with E-state index in [-0.39, 0.29) is 5.91 Å². The van der Waals surface area contributed by atoms with E-state index in [9.17, 15) is 4.79 Å². The van der Waals surface area contributed by atoms with Crippen LogP contribution in [-0.4, -0.2) is 45.3 Å². The molecule has 5 nitrogen and oxygen atoms in total. The number of rotatable bonds is 1. The minimum absolute atomic E-state index is 0.0262. The third-order valence-corrected chi connectivity index (χ3v) is 3.46. The molecule has 2 rings (SSSR count). The summed E-state index contributed by atoms with van der Waals surface area (Å²) in [7, 11) is 0. The molecule has 2 heterocycles. The second-order valence-electron chi connectivity index (χ2n) is 3.52. The summed E-state index contributed by atoms with van der Waals surface area (Å²) < 4.78 is 6.95. The first-order valence-electron chi connectivity index (χ1n) is 4.79. The van der Waals surface area contributed by atoms with Gasteiger partial charge in [0.2, 0.25) is 0 Å². The van der Waals surface area contributed by atoms with Crippen LogP contribution >= 0.6 is 22.9 Å². The van der Waals surface area contributed by atoms with Crippen LogP contribution in [0.25, 0.3) is 0 Å². The normalized spacial score (nSPS) is 18.1. The Bertz CT molecular complexity index is 358. The topological polar surface area (TPSA) is 49.6 Å². The van der Waals surface area contributed by atoms with Crippen molar-refractivity contribution < 1.29 is 9.32 Å². The van der Waals surface area contributed by atoms with Crippen molar-refractivity contribution in [2.75, 3.05) is 26.2 Å². The second-order valence-corrected chi connectivity index (χ2v) is 4.88. The number of carbonyl (C=O) groups excluding carboxylic acids is 1. The predicted octanol–water partition coefficient (Wildman–Crippen LogP) is 1.09. The van der Waals surface area contributed by atoms with Crippen molar-refractivity contribution in [3.63, 3.8) is 0 Å². The highest BCUT2D eigenvalue weighted by molar-refractivity contribution is 14.1. The minimum Gasteiger partial charge on any atom is -0.364 e. The highest BCUT2D eigenvalue weighted by atomic mass is 127. The third kappa shape index (κ3) is 2.31. The van der Waals surface area contributed by atoms with Gasteiger partial charge in [-0.25, -0.2) is 3.11 Å². The Morgan fingerprint density at radius 1 is 1.47 bits per heavy atom. The number of amides is 1. The van der Waals surface area contributed by atoms with Gasteiger partial charge in [0.25, 0.3) is 5.91 Å². The van der Waals surface area contributed by atoms with Gasteiger partial charge in [-0.05, 0) is 6.92 Å². The van der Waals surface area contributed by atoms with Crippen LogP contribution in [0.3, 0.4) is 0 Å². The van der Waals surface area contributed by atoms with E-state index in [1.165, 1.54) is 6.26 Å². The summed E-state index contributed by atoms with van der Waals surface area (Å²) in [6.07, 6.45) is 1.42. The summed E-state index contributed by atoms with van der Waals surface area (Å²) in [6.45, 7) is 5.15. The Kier molecular flexibility index (Phi) is 3.25. The smallest absolute Gasteiger partial charge is 0.259 e.